The fourth-order valence-electron chi connectivity index (χ4n) is 2.02. The summed E-state index contributed by atoms with van der Waals surface area (Å²) in [6.45, 7) is 0.0338. The van der Waals surface area contributed by atoms with Crippen LogP contribution in [0, 0.1) is 11.8 Å². The first kappa shape index (κ1) is 17.3. The molecule has 0 aliphatic heterocycles. The minimum Gasteiger partial charge on any atom is -0.357 e. The first-order valence-electron chi connectivity index (χ1n) is 7.53. The molecule has 24 heavy (non-hydrogen) atoms. The van der Waals surface area contributed by atoms with E-state index < -0.39 is 6.04 Å². The smallest absolute Gasteiger partial charge is 0.251 e. The van der Waals surface area contributed by atoms with Crippen molar-refractivity contribution in [3.05, 3.63) is 71.3 Å². The van der Waals surface area contributed by atoms with Gasteiger partial charge < -0.3 is 16.4 Å². The zero-order valence-corrected chi connectivity index (χ0v) is 13.4. The van der Waals surface area contributed by atoms with E-state index in [0.29, 0.717) is 5.56 Å². The Morgan fingerprint density at radius 2 is 1.58 bits per heavy atom. The molecule has 0 saturated heterocycles. The number of carbonyl (C=O) groups is 2. The van der Waals surface area contributed by atoms with Crippen LogP contribution in [-0.2, 0) is 4.79 Å². The van der Waals surface area contributed by atoms with Gasteiger partial charge in [-0.05, 0) is 36.4 Å². The summed E-state index contributed by atoms with van der Waals surface area (Å²) in [6, 6.07) is 15.8. The van der Waals surface area contributed by atoms with Gasteiger partial charge in [-0.2, -0.15) is 0 Å². The summed E-state index contributed by atoms with van der Waals surface area (Å²) in [7, 11) is 1.50. The van der Waals surface area contributed by atoms with Crippen molar-refractivity contribution >= 4 is 11.8 Å². The number of nitrogens with one attached hydrogen (secondary N) is 2. The van der Waals surface area contributed by atoms with E-state index >= 15 is 0 Å². The second kappa shape index (κ2) is 8.51. The van der Waals surface area contributed by atoms with Crippen LogP contribution in [0.15, 0.2) is 54.6 Å². The van der Waals surface area contributed by atoms with Crippen LogP contribution < -0.4 is 16.4 Å². The normalized spacial score (nSPS) is 10.9. The van der Waals surface area contributed by atoms with Gasteiger partial charge in [-0.15, -0.1) is 0 Å². The average Bonchev–Trinajstić information content (AvgIpc) is 2.64. The SMILES string of the molecule is CNC(=O)[C@H](CN)NC(=O)c1ccc(C#Cc2ccccc2)cc1. The summed E-state index contributed by atoms with van der Waals surface area (Å²) in [4.78, 5) is 23.7. The Labute approximate surface area is 141 Å². The third-order valence-corrected chi connectivity index (χ3v) is 3.38. The summed E-state index contributed by atoms with van der Waals surface area (Å²) in [5.74, 6) is 5.42. The van der Waals surface area contributed by atoms with Gasteiger partial charge in [-0.25, -0.2) is 0 Å². The first-order chi connectivity index (χ1) is 11.6. The van der Waals surface area contributed by atoms with Gasteiger partial charge in [-0.3, -0.25) is 9.59 Å². The number of hydrogen-bond acceptors (Lipinski definition) is 3. The van der Waals surface area contributed by atoms with Gasteiger partial charge in [-0.1, -0.05) is 30.0 Å². The van der Waals surface area contributed by atoms with Crippen LogP contribution in [0.25, 0.3) is 0 Å². The first-order valence-corrected chi connectivity index (χ1v) is 7.53. The van der Waals surface area contributed by atoms with E-state index in [0.717, 1.165) is 11.1 Å². The molecule has 0 fully saturated rings. The van der Waals surface area contributed by atoms with Gasteiger partial charge in [0, 0.05) is 30.3 Å². The molecule has 0 spiro atoms. The maximum atomic E-state index is 12.1. The van der Waals surface area contributed by atoms with E-state index in [1.165, 1.54) is 7.05 Å². The summed E-state index contributed by atoms with van der Waals surface area (Å²) in [5, 5.41) is 5.06. The number of carbonyl (C=O) groups excluding carboxylic acids is 2. The average molecular weight is 321 g/mol. The van der Waals surface area contributed by atoms with Crippen molar-refractivity contribution in [2.45, 2.75) is 6.04 Å². The summed E-state index contributed by atoms with van der Waals surface area (Å²) in [5.41, 5.74) is 7.68. The quantitative estimate of drug-likeness (QED) is 0.731. The number of benzene rings is 2. The molecule has 0 aliphatic carbocycles. The molecular formula is C19H19N3O2. The van der Waals surface area contributed by atoms with Crippen LogP contribution in [0.3, 0.4) is 0 Å². The molecule has 0 unspecified atom stereocenters. The molecule has 2 aromatic rings. The number of hydrogen-bond donors (Lipinski definition) is 3. The molecular weight excluding hydrogens is 302 g/mol. The van der Waals surface area contributed by atoms with Crippen LogP contribution >= 0.6 is 0 Å². The van der Waals surface area contributed by atoms with Gasteiger partial charge in [0.05, 0.1) is 0 Å². The number of nitrogens with two attached hydrogens (primary N) is 1. The van der Waals surface area contributed by atoms with Crippen LogP contribution in [-0.4, -0.2) is 31.4 Å². The molecule has 0 radical (unpaired) electrons. The van der Waals surface area contributed by atoms with E-state index in [9.17, 15) is 9.59 Å². The largest absolute Gasteiger partial charge is 0.357 e. The van der Waals surface area contributed by atoms with Gasteiger partial charge in [0.25, 0.3) is 5.91 Å². The van der Waals surface area contributed by atoms with Crippen molar-refractivity contribution in [1.29, 1.82) is 0 Å². The Balaban J connectivity index is 2.05. The highest BCUT2D eigenvalue weighted by Gasteiger charge is 2.18. The zero-order valence-electron chi connectivity index (χ0n) is 13.4. The van der Waals surface area contributed by atoms with E-state index in [2.05, 4.69) is 22.5 Å². The summed E-state index contributed by atoms with van der Waals surface area (Å²) < 4.78 is 0. The molecule has 2 aromatic carbocycles. The van der Waals surface area contributed by atoms with E-state index in [4.69, 9.17) is 5.73 Å². The second-order valence-corrected chi connectivity index (χ2v) is 5.07. The van der Waals surface area contributed by atoms with E-state index in [1.54, 1.807) is 24.3 Å². The number of rotatable bonds is 4. The molecule has 0 bridgehead atoms. The molecule has 0 aliphatic rings. The van der Waals surface area contributed by atoms with Crippen LogP contribution in [0.5, 0.6) is 0 Å². The molecule has 2 amide bonds. The number of likely N-dealkylation sites (N-methyl/N-ethyl adjacent to an activating group) is 1. The zero-order chi connectivity index (χ0) is 17.4. The Morgan fingerprint density at radius 3 is 2.12 bits per heavy atom. The lowest BCUT2D eigenvalue weighted by atomic mass is 10.1. The topological polar surface area (TPSA) is 84.2 Å². The third kappa shape index (κ3) is 4.70. The minimum atomic E-state index is -0.750. The third-order valence-electron chi connectivity index (χ3n) is 3.38. The van der Waals surface area contributed by atoms with Crippen LogP contribution in [0.2, 0.25) is 0 Å². The highest BCUT2D eigenvalue weighted by atomic mass is 16.2. The molecule has 0 aromatic heterocycles. The van der Waals surface area contributed by atoms with Gasteiger partial charge in [0.2, 0.25) is 5.91 Å². The number of amides is 2. The maximum Gasteiger partial charge on any atom is 0.251 e. The molecule has 5 heteroatoms. The lowest BCUT2D eigenvalue weighted by Crippen LogP contribution is -2.49. The predicted molar refractivity (Wildman–Crippen MR) is 93.2 cm³/mol. The van der Waals surface area contributed by atoms with E-state index in [-0.39, 0.29) is 18.4 Å². The highest BCUT2D eigenvalue weighted by Crippen LogP contribution is 2.05. The van der Waals surface area contributed by atoms with E-state index in [1.807, 2.05) is 30.3 Å². The predicted octanol–water partition coefficient (Wildman–Crippen LogP) is 0.890. The lowest BCUT2D eigenvalue weighted by molar-refractivity contribution is -0.122. The Hall–Kier alpha value is -3.10. The Bertz CT molecular complexity index is 759. The molecule has 4 N–H and O–H groups in total. The molecule has 0 heterocycles. The minimum absolute atomic E-state index is 0.0338. The van der Waals surface area contributed by atoms with Crippen molar-refractivity contribution in [1.82, 2.24) is 10.6 Å². The lowest BCUT2D eigenvalue weighted by Gasteiger charge is -2.15. The fraction of sp³-hybridized carbons (Fsp3) is 0.158. The second-order valence-electron chi connectivity index (χ2n) is 5.07. The molecule has 122 valence electrons. The summed E-state index contributed by atoms with van der Waals surface area (Å²) in [6.07, 6.45) is 0. The molecule has 2 rings (SSSR count). The van der Waals surface area contributed by atoms with Gasteiger partial charge >= 0.3 is 0 Å². The van der Waals surface area contributed by atoms with Crippen LogP contribution in [0.4, 0.5) is 0 Å². The van der Waals surface area contributed by atoms with Crippen molar-refractivity contribution < 1.29 is 9.59 Å². The van der Waals surface area contributed by atoms with Gasteiger partial charge in [0.1, 0.15) is 6.04 Å². The van der Waals surface area contributed by atoms with Crippen molar-refractivity contribution in [2.24, 2.45) is 5.73 Å². The standard InChI is InChI=1S/C19H19N3O2/c1-21-19(24)17(13-20)22-18(23)16-11-9-15(10-12-16)8-7-14-5-3-2-4-6-14/h2-6,9-12,17H,13,20H2,1H3,(H,21,24)(H,22,23)/t17-/m0/s1. The molecule has 0 saturated carbocycles. The maximum absolute atomic E-state index is 12.1. The van der Waals surface area contributed by atoms with Crippen molar-refractivity contribution in [3.8, 4) is 11.8 Å². The Kier molecular flexibility index (Phi) is 6.12. The fourth-order valence-corrected chi connectivity index (χ4v) is 2.02. The monoisotopic (exact) mass is 321 g/mol. The summed E-state index contributed by atoms with van der Waals surface area (Å²) >= 11 is 0. The molecule has 5 nitrogen and oxygen atoms in total. The molecule has 1 atom stereocenters. The highest BCUT2D eigenvalue weighted by molar-refractivity contribution is 5.97. The Morgan fingerprint density at radius 1 is 1.00 bits per heavy atom. The van der Waals surface area contributed by atoms with Crippen molar-refractivity contribution in [2.75, 3.05) is 13.6 Å². The van der Waals surface area contributed by atoms with Crippen LogP contribution in [0.1, 0.15) is 21.5 Å². The van der Waals surface area contributed by atoms with Gasteiger partial charge in [0.15, 0.2) is 0 Å². The van der Waals surface area contributed by atoms with Crippen molar-refractivity contribution in [3.63, 3.8) is 0 Å².